The van der Waals surface area contributed by atoms with Crippen LogP contribution < -0.4 is 0 Å². The maximum atomic E-state index is 5.69. The van der Waals surface area contributed by atoms with Crippen LogP contribution in [0, 0.1) is 5.92 Å². The summed E-state index contributed by atoms with van der Waals surface area (Å²) >= 11 is 0. The second-order valence-corrected chi connectivity index (χ2v) is 5.14. The van der Waals surface area contributed by atoms with Gasteiger partial charge in [-0.3, -0.25) is 4.90 Å². The van der Waals surface area contributed by atoms with Crippen LogP contribution in [-0.2, 0) is 4.74 Å². The van der Waals surface area contributed by atoms with Crippen molar-refractivity contribution in [3.8, 4) is 0 Å². The highest BCUT2D eigenvalue weighted by atomic mass is 16.5. The first-order valence-corrected chi connectivity index (χ1v) is 6.45. The molecule has 2 aliphatic heterocycles. The van der Waals surface area contributed by atoms with E-state index in [-0.39, 0.29) is 0 Å². The summed E-state index contributed by atoms with van der Waals surface area (Å²) in [6.45, 7) is 10.5. The molecule has 0 aromatic rings. The molecular formula is C13H27NO. The molecule has 0 amide bonds. The number of hydrogen-bond donors (Lipinski definition) is 0. The number of hydrogen-bond acceptors (Lipinski definition) is 2. The zero-order valence-electron chi connectivity index (χ0n) is 11.0. The molecule has 0 saturated carbocycles. The van der Waals surface area contributed by atoms with Crippen LogP contribution in [0.4, 0.5) is 0 Å². The largest absolute Gasteiger partial charge is 0.378 e. The van der Waals surface area contributed by atoms with Gasteiger partial charge in [-0.05, 0) is 32.2 Å². The summed E-state index contributed by atoms with van der Waals surface area (Å²) in [5.41, 5.74) is 0.386. The van der Waals surface area contributed by atoms with E-state index in [0.717, 1.165) is 19.1 Å². The molecule has 2 heteroatoms. The Morgan fingerprint density at radius 3 is 2.67 bits per heavy atom. The lowest BCUT2D eigenvalue weighted by Crippen LogP contribution is -2.54. The molecule has 0 N–H and O–H groups in total. The van der Waals surface area contributed by atoms with E-state index in [2.05, 4.69) is 25.8 Å². The maximum absolute atomic E-state index is 5.69. The van der Waals surface area contributed by atoms with Gasteiger partial charge < -0.3 is 4.74 Å². The molecule has 0 aromatic carbocycles. The summed E-state index contributed by atoms with van der Waals surface area (Å²) in [5.74, 6) is 0.780. The summed E-state index contributed by atoms with van der Waals surface area (Å²) in [6, 6.07) is 0.701. The van der Waals surface area contributed by atoms with Crippen molar-refractivity contribution >= 4 is 0 Å². The molecule has 2 bridgehead atoms. The topological polar surface area (TPSA) is 12.5 Å². The molecule has 2 unspecified atom stereocenters. The molecule has 2 heterocycles. The van der Waals surface area contributed by atoms with Crippen LogP contribution in [0.1, 0.15) is 47.0 Å². The van der Waals surface area contributed by atoms with Crippen molar-refractivity contribution in [2.45, 2.75) is 58.5 Å². The van der Waals surface area contributed by atoms with Gasteiger partial charge in [-0.25, -0.2) is 0 Å². The Balaban J connectivity index is 0.000000531. The predicted octanol–water partition coefficient (Wildman–Crippen LogP) is 2.92. The van der Waals surface area contributed by atoms with Crippen molar-refractivity contribution in [3.63, 3.8) is 0 Å². The van der Waals surface area contributed by atoms with Crippen molar-refractivity contribution in [3.05, 3.63) is 0 Å². The lowest BCUT2D eigenvalue weighted by atomic mass is 9.87. The van der Waals surface area contributed by atoms with Gasteiger partial charge in [-0.2, -0.15) is 0 Å². The molecule has 15 heavy (non-hydrogen) atoms. The number of morpholine rings is 1. The molecule has 2 fully saturated rings. The Morgan fingerprint density at radius 2 is 2.07 bits per heavy atom. The summed E-state index contributed by atoms with van der Waals surface area (Å²) in [7, 11) is 2.28. The van der Waals surface area contributed by atoms with Crippen molar-refractivity contribution in [1.29, 1.82) is 0 Å². The van der Waals surface area contributed by atoms with Gasteiger partial charge in [0.2, 0.25) is 0 Å². The highest BCUT2D eigenvalue weighted by Gasteiger charge is 2.47. The van der Waals surface area contributed by atoms with Crippen LogP contribution in [-0.4, -0.2) is 36.7 Å². The lowest BCUT2D eigenvalue weighted by Gasteiger charge is -2.43. The Morgan fingerprint density at radius 1 is 1.40 bits per heavy atom. The molecule has 2 aliphatic rings. The third-order valence-corrected chi connectivity index (χ3v) is 3.71. The quantitative estimate of drug-likeness (QED) is 0.699. The van der Waals surface area contributed by atoms with Crippen molar-refractivity contribution < 1.29 is 4.74 Å². The summed E-state index contributed by atoms with van der Waals surface area (Å²) in [6.07, 6.45) is 3.97. The van der Waals surface area contributed by atoms with Crippen LogP contribution in [0.15, 0.2) is 0 Å². The van der Waals surface area contributed by atoms with Crippen molar-refractivity contribution in [2.75, 3.05) is 20.3 Å². The fourth-order valence-corrected chi connectivity index (χ4v) is 3.01. The molecule has 0 aromatic heterocycles. The summed E-state index contributed by atoms with van der Waals surface area (Å²) < 4.78 is 5.69. The Hall–Kier alpha value is -0.0800. The van der Waals surface area contributed by atoms with E-state index in [0.29, 0.717) is 11.6 Å². The Bertz CT molecular complexity index is 189. The van der Waals surface area contributed by atoms with E-state index in [1.54, 1.807) is 0 Å². The zero-order chi connectivity index (χ0) is 11.5. The highest BCUT2D eigenvalue weighted by Crippen LogP contribution is 2.40. The Kier molecular flexibility index (Phi) is 4.60. The van der Waals surface area contributed by atoms with Gasteiger partial charge in [0.25, 0.3) is 0 Å². The standard InChI is InChI=1S/C11H21NO.C2H6/c1-9(2)6-11-5-4-10(12(11)3)7-13-8-11;1-2/h9-10H,4-8H2,1-3H3;1-2H3. The lowest BCUT2D eigenvalue weighted by molar-refractivity contribution is -0.0627. The maximum Gasteiger partial charge on any atom is 0.0651 e. The van der Waals surface area contributed by atoms with Crippen LogP contribution in [0.2, 0.25) is 0 Å². The molecule has 2 saturated heterocycles. The number of nitrogens with zero attached hydrogens (tertiary/aromatic N) is 1. The average molecular weight is 213 g/mol. The van der Waals surface area contributed by atoms with Crippen LogP contribution >= 0.6 is 0 Å². The second-order valence-electron chi connectivity index (χ2n) is 5.14. The van der Waals surface area contributed by atoms with Gasteiger partial charge in [-0.1, -0.05) is 27.7 Å². The first-order valence-electron chi connectivity index (χ1n) is 6.45. The van der Waals surface area contributed by atoms with E-state index in [4.69, 9.17) is 4.74 Å². The van der Waals surface area contributed by atoms with Crippen molar-refractivity contribution in [1.82, 2.24) is 4.90 Å². The van der Waals surface area contributed by atoms with Gasteiger partial charge in [-0.15, -0.1) is 0 Å². The molecule has 0 spiro atoms. The molecular weight excluding hydrogens is 186 g/mol. The molecule has 90 valence electrons. The molecule has 2 atom stereocenters. The molecule has 2 nitrogen and oxygen atoms in total. The number of fused-ring (bicyclic) bond motifs is 2. The monoisotopic (exact) mass is 213 g/mol. The zero-order valence-corrected chi connectivity index (χ0v) is 11.0. The van der Waals surface area contributed by atoms with E-state index >= 15 is 0 Å². The highest BCUT2D eigenvalue weighted by molar-refractivity contribution is 5.02. The fraction of sp³-hybridized carbons (Fsp3) is 1.00. The van der Waals surface area contributed by atoms with E-state index in [9.17, 15) is 0 Å². The minimum Gasteiger partial charge on any atom is -0.378 e. The molecule has 2 rings (SSSR count). The summed E-state index contributed by atoms with van der Waals surface area (Å²) in [5, 5.41) is 0. The van der Waals surface area contributed by atoms with Crippen LogP contribution in [0.5, 0.6) is 0 Å². The second kappa shape index (κ2) is 5.31. The van der Waals surface area contributed by atoms with Crippen molar-refractivity contribution in [2.24, 2.45) is 5.92 Å². The van der Waals surface area contributed by atoms with E-state index in [1.807, 2.05) is 13.8 Å². The van der Waals surface area contributed by atoms with Gasteiger partial charge in [0, 0.05) is 11.6 Å². The third kappa shape index (κ3) is 2.54. The number of likely N-dealkylation sites (N-methyl/N-ethyl adjacent to an activating group) is 1. The number of rotatable bonds is 2. The smallest absolute Gasteiger partial charge is 0.0651 e. The third-order valence-electron chi connectivity index (χ3n) is 3.71. The van der Waals surface area contributed by atoms with E-state index in [1.165, 1.54) is 19.3 Å². The average Bonchev–Trinajstić information content (AvgIpc) is 2.42. The van der Waals surface area contributed by atoms with Gasteiger partial charge in [0.05, 0.1) is 13.2 Å². The minimum absolute atomic E-state index is 0.386. The van der Waals surface area contributed by atoms with Crippen LogP contribution in [0.3, 0.4) is 0 Å². The number of ether oxygens (including phenoxy) is 1. The normalized spacial score (nSPS) is 35.2. The van der Waals surface area contributed by atoms with Gasteiger partial charge in [0.15, 0.2) is 0 Å². The first-order chi connectivity index (χ1) is 7.14. The Labute approximate surface area is 95.0 Å². The van der Waals surface area contributed by atoms with Gasteiger partial charge >= 0.3 is 0 Å². The minimum atomic E-state index is 0.386. The van der Waals surface area contributed by atoms with Crippen LogP contribution in [0.25, 0.3) is 0 Å². The van der Waals surface area contributed by atoms with E-state index < -0.39 is 0 Å². The SMILES string of the molecule is CC.CC(C)CC12CCC(COC1)N2C. The fourth-order valence-electron chi connectivity index (χ4n) is 3.01. The molecule has 0 radical (unpaired) electrons. The van der Waals surface area contributed by atoms with Gasteiger partial charge in [0.1, 0.15) is 0 Å². The summed E-state index contributed by atoms with van der Waals surface area (Å²) in [4.78, 5) is 2.58. The first kappa shape index (κ1) is 13.0. The predicted molar refractivity (Wildman–Crippen MR) is 65.1 cm³/mol. The molecule has 0 aliphatic carbocycles.